The second-order valence-electron chi connectivity index (χ2n) is 5.23. The summed E-state index contributed by atoms with van der Waals surface area (Å²) in [4.78, 5) is 13.8. The van der Waals surface area contributed by atoms with Crippen molar-refractivity contribution in [1.82, 2.24) is 4.90 Å². The van der Waals surface area contributed by atoms with E-state index in [0.29, 0.717) is 28.1 Å². The van der Waals surface area contributed by atoms with E-state index in [-0.39, 0.29) is 10.8 Å². The van der Waals surface area contributed by atoms with Gasteiger partial charge in [0.2, 0.25) is 10.0 Å². The van der Waals surface area contributed by atoms with Crippen LogP contribution in [0.3, 0.4) is 0 Å². The zero-order valence-electron chi connectivity index (χ0n) is 12.0. The van der Waals surface area contributed by atoms with Crippen LogP contribution in [0.15, 0.2) is 21.5 Å². The van der Waals surface area contributed by atoms with Gasteiger partial charge in [0, 0.05) is 23.6 Å². The van der Waals surface area contributed by atoms with Gasteiger partial charge in [0.15, 0.2) is 0 Å². The molecule has 0 aliphatic rings. The van der Waals surface area contributed by atoms with E-state index < -0.39 is 10.0 Å². The van der Waals surface area contributed by atoms with Crippen LogP contribution in [-0.4, -0.2) is 32.8 Å². The van der Waals surface area contributed by atoms with Crippen molar-refractivity contribution in [3.8, 4) is 0 Å². The molecule has 2 N–H and O–H groups in total. The Kier molecular flexibility index (Phi) is 5.34. The molecule has 0 bridgehead atoms. The summed E-state index contributed by atoms with van der Waals surface area (Å²) in [7, 11) is -2.19. The molecule has 0 heterocycles. The van der Waals surface area contributed by atoms with Gasteiger partial charge in [0.05, 0.1) is 4.90 Å². The van der Waals surface area contributed by atoms with Crippen molar-refractivity contribution in [2.75, 3.05) is 13.6 Å². The molecule has 0 atom stereocenters. The summed E-state index contributed by atoms with van der Waals surface area (Å²) in [5.41, 5.74) is 0.968. The third-order valence-corrected chi connectivity index (χ3v) is 5.01. The normalized spacial score (nSPS) is 11.8. The fourth-order valence-corrected chi connectivity index (χ4v) is 3.53. The Balaban J connectivity index is 3.28. The molecular weight excluding hydrogens is 344 g/mol. The van der Waals surface area contributed by atoms with Crippen LogP contribution in [0.4, 0.5) is 0 Å². The Hall–Kier alpha value is -0.920. The van der Waals surface area contributed by atoms with Gasteiger partial charge < -0.3 is 4.90 Å². The molecule has 1 aromatic rings. The quantitative estimate of drug-likeness (QED) is 0.890. The van der Waals surface area contributed by atoms with E-state index >= 15 is 0 Å². The standard InChI is InChI=1S/C13H19BrN2O3S/c1-8(2)7-16(4)13(17)10-5-9(3)12(14)11(6-10)20(15,18)19/h5-6,8H,7H2,1-4H3,(H2,15,18,19). The minimum absolute atomic E-state index is 0.0706. The van der Waals surface area contributed by atoms with Crippen LogP contribution in [0.5, 0.6) is 0 Å². The van der Waals surface area contributed by atoms with Gasteiger partial charge in [-0.1, -0.05) is 13.8 Å². The van der Waals surface area contributed by atoms with Crippen molar-refractivity contribution in [3.63, 3.8) is 0 Å². The molecule has 20 heavy (non-hydrogen) atoms. The molecular formula is C13H19BrN2O3S. The lowest BCUT2D eigenvalue weighted by molar-refractivity contribution is 0.0779. The van der Waals surface area contributed by atoms with Gasteiger partial charge in [0.25, 0.3) is 5.91 Å². The number of halogens is 1. The van der Waals surface area contributed by atoms with E-state index in [4.69, 9.17) is 5.14 Å². The summed E-state index contributed by atoms with van der Waals surface area (Å²) in [6.07, 6.45) is 0. The highest BCUT2D eigenvalue weighted by Gasteiger charge is 2.20. The average molecular weight is 363 g/mol. The summed E-state index contributed by atoms with van der Waals surface area (Å²) in [5.74, 6) is 0.109. The van der Waals surface area contributed by atoms with Gasteiger partial charge >= 0.3 is 0 Å². The Morgan fingerprint density at radius 1 is 1.40 bits per heavy atom. The van der Waals surface area contributed by atoms with Crippen molar-refractivity contribution in [2.45, 2.75) is 25.7 Å². The van der Waals surface area contributed by atoms with Crippen LogP contribution >= 0.6 is 15.9 Å². The fourth-order valence-electron chi connectivity index (χ4n) is 1.92. The topological polar surface area (TPSA) is 80.5 Å². The van der Waals surface area contributed by atoms with Crippen LogP contribution in [-0.2, 0) is 10.0 Å². The lowest BCUT2D eigenvalue weighted by Gasteiger charge is -2.20. The van der Waals surface area contributed by atoms with E-state index in [2.05, 4.69) is 15.9 Å². The monoisotopic (exact) mass is 362 g/mol. The number of carbonyl (C=O) groups excluding carboxylic acids is 1. The van der Waals surface area contributed by atoms with Gasteiger partial charge in [-0.25, -0.2) is 13.6 Å². The second-order valence-corrected chi connectivity index (χ2v) is 7.55. The SMILES string of the molecule is Cc1cc(C(=O)N(C)CC(C)C)cc(S(N)(=O)=O)c1Br. The molecule has 0 aromatic heterocycles. The second kappa shape index (κ2) is 6.24. The number of rotatable bonds is 4. The number of benzene rings is 1. The zero-order chi connectivity index (χ0) is 15.7. The summed E-state index contributed by atoms with van der Waals surface area (Å²) in [6.45, 7) is 6.33. The minimum atomic E-state index is -3.88. The zero-order valence-corrected chi connectivity index (χ0v) is 14.4. The number of nitrogens with two attached hydrogens (primary N) is 1. The molecule has 1 aromatic carbocycles. The number of hydrogen-bond acceptors (Lipinski definition) is 3. The van der Waals surface area contributed by atoms with Crippen molar-refractivity contribution < 1.29 is 13.2 Å². The first-order chi connectivity index (χ1) is 9.04. The number of aryl methyl sites for hydroxylation is 1. The van der Waals surface area contributed by atoms with E-state index in [1.165, 1.54) is 6.07 Å². The first kappa shape index (κ1) is 17.1. The third-order valence-electron chi connectivity index (χ3n) is 2.76. The summed E-state index contributed by atoms with van der Waals surface area (Å²) < 4.78 is 23.5. The lowest BCUT2D eigenvalue weighted by Crippen LogP contribution is -2.30. The predicted molar refractivity (Wildman–Crippen MR) is 82.1 cm³/mol. The Morgan fingerprint density at radius 2 is 1.95 bits per heavy atom. The van der Waals surface area contributed by atoms with Crippen LogP contribution in [0.1, 0.15) is 29.8 Å². The van der Waals surface area contributed by atoms with Crippen LogP contribution in [0.2, 0.25) is 0 Å². The van der Waals surface area contributed by atoms with Gasteiger partial charge in [-0.3, -0.25) is 4.79 Å². The van der Waals surface area contributed by atoms with E-state index in [1.54, 1.807) is 24.9 Å². The molecule has 7 heteroatoms. The highest BCUT2D eigenvalue weighted by atomic mass is 79.9. The maximum atomic E-state index is 12.3. The van der Waals surface area contributed by atoms with Crippen molar-refractivity contribution in [1.29, 1.82) is 0 Å². The molecule has 0 saturated heterocycles. The van der Waals surface area contributed by atoms with E-state index in [1.807, 2.05) is 13.8 Å². The Morgan fingerprint density at radius 3 is 2.40 bits per heavy atom. The van der Waals surface area contributed by atoms with Gasteiger partial charge in [-0.15, -0.1) is 0 Å². The first-order valence-corrected chi connectivity index (χ1v) is 8.46. The van der Waals surface area contributed by atoms with Gasteiger partial charge in [0.1, 0.15) is 0 Å². The van der Waals surface area contributed by atoms with Crippen LogP contribution in [0, 0.1) is 12.8 Å². The molecule has 0 spiro atoms. The lowest BCUT2D eigenvalue weighted by atomic mass is 10.1. The molecule has 0 fully saturated rings. The predicted octanol–water partition coefficient (Wildman–Crippen LogP) is 2.13. The maximum absolute atomic E-state index is 12.3. The molecule has 0 radical (unpaired) electrons. The fraction of sp³-hybridized carbons (Fsp3) is 0.462. The van der Waals surface area contributed by atoms with Gasteiger partial charge in [-0.2, -0.15) is 0 Å². The number of sulfonamides is 1. The molecule has 0 unspecified atom stereocenters. The summed E-state index contributed by atoms with van der Waals surface area (Å²) >= 11 is 3.19. The van der Waals surface area contributed by atoms with Crippen LogP contribution in [0.25, 0.3) is 0 Å². The van der Waals surface area contributed by atoms with Crippen molar-refractivity contribution in [3.05, 3.63) is 27.7 Å². The first-order valence-electron chi connectivity index (χ1n) is 6.12. The summed E-state index contributed by atoms with van der Waals surface area (Å²) in [6, 6.07) is 2.96. The van der Waals surface area contributed by atoms with Gasteiger partial charge in [-0.05, 0) is 46.5 Å². The molecule has 1 rings (SSSR count). The maximum Gasteiger partial charge on any atom is 0.253 e. The number of carbonyl (C=O) groups is 1. The Bertz CT molecular complexity index is 627. The summed E-state index contributed by atoms with van der Waals surface area (Å²) in [5, 5.41) is 5.17. The van der Waals surface area contributed by atoms with E-state index in [9.17, 15) is 13.2 Å². The molecule has 112 valence electrons. The number of amides is 1. The molecule has 1 amide bonds. The number of nitrogens with zero attached hydrogens (tertiary/aromatic N) is 1. The van der Waals surface area contributed by atoms with Crippen LogP contribution < -0.4 is 5.14 Å². The molecule has 0 aliphatic carbocycles. The molecule has 0 aliphatic heterocycles. The molecule has 0 saturated carbocycles. The minimum Gasteiger partial charge on any atom is -0.341 e. The third kappa shape index (κ3) is 4.04. The highest BCUT2D eigenvalue weighted by Crippen LogP contribution is 2.27. The number of primary sulfonamides is 1. The largest absolute Gasteiger partial charge is 0.341 e. The highest BCUT2D eigenvalue weighted by molar-refractivity contribution is 9.10. The Labute approximate surface area is 128 Å². The van der Waals surface area contributed by atoms with Crippen molar-refractivity contribution >= 4 is 31.9 Å². The smallest absolute Gasteiger partial charge is 0.253 e. The number of hydrogen-bond donors (Lipinski definition) is 1. The average Bonchev–Trinajstić information content (AvgIpc) is 2.29. The molecule has 5 nitrogen and oxygen atoms in total. The van der Waals surface area contributed by atoms with E-state index in [0.717, 1.165) is 0 Å². The van der Waals surface area contributed by atoms with Crippen molar-refractivity contribution in [2.24, 2.45) is 11.1 Å².